The van der Waals surface area contributed by atoms with Crippen molar-refractivity contribution in [2.24, 2.45) is 0 Å². The molecule has 2 saturated heterocycles. The van der Waals surface area contributed by atoms with Gasteiger partial charge in [0, 0.05) is 51.5 Å². The van der Waals surface area contributed by atoms with Gasteiger partial charge in [-0.15, -0.1) is 0 Å². The van der Waals surface area contributed by atoms with E-state index >= 15 is 0 Å². The lowest BCUT2D eigenvalue weighted by atomic mass is 10.2. The summed E-state index contributed by atoms with van der Waals surface area (Å²) in [7, 11) is -3.53. The van der Waals surface area contributed by atoms with Crippen molar-refractivity contribution < 1.29 is 17.9 Å². The van der Waals surface area contributed by atoms with Crippen LogP contribution in [0.3, 0.4) is 0 Å². The fourth-order valence-electron chi connectivity index (χ4n) is 4.08. The zero-order chi connectivity index (χ0) is 23.8. The van der Waals surface area contributed by atoms with Gasteiger partial charge in [-0.2, -0.15) is 4.31 Å². The van der Waals surface area contributed by atoms with Gasteiger partial charge in [0.25, 0.3) is 0 Å². The Morgan fingerprint density at radius 1 is 0.882 bits per heavy atom. The highest BCUT2D eigenvalue weighted by Gasteiger charge is 2.26. The van der Waals surface area contributed by atoms with Crippen molar-refractivity contribution in [3.63, 3.8) is 0 Å². The molecule has 1 N–H and O–H groups in total. The van der Waals surface area contributed by atoms with E-state index in [4.69, 9.17) is 4.74 Å². The van der Waals surface area contributed by atoms with Crippen LogP contribution in [0.15, 0.2) is 65.6 Å². The summed E-state index contributed by atoms with van der Waals surface area (Å²) >= 11 is 0. The molecule has 8 nitrogen and oxygen atoms in total. The lowest BCUT2D eigenvalue weighted by Gasteiger charge is -2.33. The first-order valence-corrected chi connectivity index (χ1v) is 13.1. The summed E-state index contributed by atoms with van der Waals surface area (Å²) in [6.07, 6.45) is 4.32. The molecule has 2 aromatic carbocycles. The summed E-state index contributed by atoms with van der Waals surface area (Å²) in [5, 5.41) is 2.88. The molecule has 0 spiro atoms. The predicted molar refractivity (Wildman–Crippen MR) is 133 cm³/mol. The summed E-state index contributed by atoms with van der Waals surface area (Å²) in [5.74, 6) is -0.0961. The first kappa shape index (κ1) is 24.6. The third kappa shape index (κ3) is 6.74. The van der Waals surface area contributed by atoms with Crippen molar-refractivity contribution in [1.29, 1.82) is 0 Å². The van der Waals surface area contributed by atoms with Crippen LogP contribution in [0.5, 0.6) is 0 Å². The molecule has 0 atom stereocenters. The Bertz CT molecular complexity index is 1060. The van der Waals surface area contributed by atoms with Crippen LogP contribution in [-0.4, -0.2) is 94.0 Å². The molecule has 0 radical (unpaired) electrons. The van der Waals surface area contributed by atoms with Crippen molar-refractivity contribution in [2.45, 2.75) is 4.90 Å². The summed E-state index contributed by atoms with van der Waals surface area (Å²) in [6, 6.07) is 16.6. The maximum Gasteiger partial charge on any atom is 0.243 e. The van der Waals surface area contributed by atoms with E-state index in [1.165, 1.54) is 9.87 Å². The third-order valence-electron chi connectivity index (χ3n) is 6.05. The highest BCUT2D eigenvalue weighted by molar-refractivity contribution is 7.89. The van der Waals surface area contributed by atoms with Crippen LogP contribution < -0.4 is 5.32 Å². The number of anilines is 1. The van der Waals surface area contributed by atoms with Crippen LogP contribution in [-0.2, 0) is 19.6 Å². The number of morpholine rings is 1. The van der Waals surface area contributed by atoms with Crippen LogP contribution in [0.2, 0.25) is 0 Å². The number of sulfonamides is 1. The van der Waals surface area contributed by atoms with E-state index in [1.807, 2.05) is 18.2 Å². The molecule has 4 rings (SSSR count). The van der Waals surface area contributed by atoms with Gasteiger partial charge in [-0.25, -0.2) is 8.42 Å². The van der Waals surface area contributed by atoms with E-state index in [2.05, 4.69) is 39.4 Å². The Morgan fingerprint density at radius 3 is 2.21 bits per heavy atom. The summed E-state index contributed by atoms with van der Waals surface area (Å²) < 4.78 is 32.1. The van der Waals surface area contributed by atoms with Gasteiger partial charge in [-0.1, -0.05) is 42.5 Å². The molecule has 2 fully saturated rings. The number of hydrogen-bond donors (Lipinski definition) is 1. The Kier molecular flexibility index (Phi) is 8.47. The molecule has 1 amide bonds. The Balaban J connectivity index is 1.20. The standard InChI is InChI=1S/C25H32N4O4S/c30-25(21-28-15-13-27(14-16-28)12-4-7-22-5-2-1-3-6-22)26-23-8-10-24(11-9-23)34(31,32)29-17-19-33-20-18-29/h1-11H,12-21H2,(H,26,30)/b7-4+. The SMILES string of the molecule is O=C(CN1CCN(C/C=C/c2ccccc2)CC1)Nc1ccc(S(=O)(=O)N2CCOCC2)cc1. The van der Waals surface area contributed by atoms with Crippen molar-refractivity contribution in [1.82, 2.24) is 14.1 Å². The first-order chi connectivity index (χ1) is 16.5. The van der Waals surface area contributed by atoms with E-state index < -0.39 is 10.0 Å². The molecule has 182 valence electrons. The molecule has 2 aliphatic heterocycles. The fraction of sp³-hybridized carbons (Fsp3) is 0.400. The average molecular weight is 485 g/mol. The van der Waals surface area contributed by atoms with Crippen molar-refractivity contribution >= 4 is 27.7 Å². The monoisotopic (exact) mass is 484 g/mol. The Morgan fingerprint density at radius 2 is 1.53 bits per heavy atom. The minimum Gasteiger partial charge on any atom is -0.379 e. The zero-order valence-electron chi connectivity index (χ0n) is 19.3. The highest BCUT2D eigenvalue weighted by Crippen LogP contribution is 2.19. The number of ether oxygens (including phenoxy) is 1. The fourth-order valence-corrected chi connectivity index (χ4v) is 5.49. The van der Waals surface area contributed by atoms with Crippen LogP contribution in [0.4, 0.5) is 5.69 Å². The minimum absolute atomic E-state index is 0.0961. The number of piperazine rings is 1. The maximum absolute atomic E-state index is 12.7. The predicted octanol–water partition coefficient (Wildman–Crippen LogP) is 1.98. The number of rotatable bonds is 8. The zero-order valence-corrected chi connectivity index (χ0v) is 20.1. The maximum atomic E-state index is 12.7. The number of carbonyl (C=O) groups excluding carboxylic acids is 1. The van der Waals surface area contributed by atoms with Crippen molar-refractivity contribution in [2.75, 3.05) is 70.9 Å². The lowest BCUT2D eigenvalue weighted by Crippen LogP contribution is -2.48. The highest BCUT2D eigenvalue weighted by atomic mass is 32.2. The second kappa shape index (κ2) is 11.7. The van der Waals surface area contributed by atoms with E-state index in [0.29, 0.717) is 38.5 Å². The Labute approximate surface area is 201 Å². The molecule has 34 heavy (non-hydrogen) atoms. The van der Waals surface area contributed by atoms with Crippen LogP contribution >= 0.6 is 0 Å². The van der Waals surface area contributed by atoms with Crippen LogP contribution in [0.25, 0.3) is 6.08 Å². The van der Waals surface area contributed by atoms with E-state index in [1.54, 1.807) is 24.3 Å². The van der Waals surface area contributed by atoms with Gasteiger partial charge >= 0.3 is 0 Å². The number of amides is 1. The second-order valence-electron chi connectivity index (χ2n) is 8.48. The smallest absolute Gasteiger partial charge is 0.243 e. The first-order valence-electron chi connectivity index (χ1n) is 11.6. The molecule has 9 heteroatoms. The molecule has 0 bridgehead atoms. The topological polar surface area (TPSA) is 82.2 Å². The number of benzene rings is 2. The van der Waals surface area contributed by atoms with E-state index in [9.17, 15) is 13.2 Å². The lowest BCUT2D eigenvalue weighted by molar-refractivity contribution is -0.117. The van der Waals surface area contributed by atoms with E-state index in [-0.39, 0.29) is 10.8 Å². The van der Waals surface area contributed by atoms with Crippen LogP contribution in [0, 0.1) is 0 Å². The van der Waals surface area contributed by atoms with Crippen molar-refractivity contribution in [3.8, 4) is 0 Å². The molecule has 0 unspecified atom stereocenters. The average Bonchev–Trinajstić information content (AvgIpc) is 2.86. The molecule has 2 aliphatic rings. The van der Waals surface area contributed by atoms with Crippen LogP contribution in [0.1, 0.15) is 5.56 Å². The molecule has 2 heterocycles. The summed E-state index contributed by atoms with van der Waals surface area (Å²) in [4.78, 5) is 17.2. The van der Waals surface area contributed by atoms with Gasteiger partial charge in [0.15, 0.2) is 0 Å². The largest absolute Gasteiger partial charge is 0.379 e. The number of carbonyl (C=O) groups is 1. The number of nitrogens with one attached hydrogen (secondary N) is 1. The van der Waals surface area contributed by atoms with Gasteiger partial charge in [0.05, 0.1) is 24.7 Å². The quantitative estimate of drug-likeness (QED) is 0.617. The normalized spacial score (nSPS) is 18.8. The molecule has 0 aliphatic carbocycles. The van der Waals surface area contributed by atoms with E-state index in [0.717, 1.165) is 32.7 Å². The molecule has 2 aromatic rings. The summed E-state index contributed by atoms with van der Waals surface area (Å²) in [6.45, 7) is 6.26. The second-order valence-corrected chi connectivity index (χ2v) is 10.4. The van der Waals surface area contributed by atoms with Gasteiger partial charge in [0.2, 0.25) is 15.9 Å². The number of nitrogens with zero attached hydrogens (tertiary/aromatic N) is 3. The minimum atomic E-state index is -3.53. The van der Waals surface area contributed by atoms with Gasteiger partial charge < -0.3 is 10.1 Å². The van der Waals surface area contributed by atoms with Gasteiger partial charge in [-0.3, -0.25) is 14.6 Å². The molecular weight excluding hydrogens is 452 g/mol. The molecular formula is C25H32N4O4S. The Hall–Kier alpha value is -2.56. The van der Waals surface area contributed by atoms with Gasteiger partial charge in [0.1, 0.15) is 0 Å². The van der Waals surface area contributed by atoms with Gasteiger partial charge in [-0.05, 0) is 29.8 Å². The van der Waals surface area contributed by atoms with Crippen molar-refractivity contribution in [3.05, 3.63) is 66.2 Å². The summed E-state index contributed by atoms with van der Waals surface area (Å²) in [5.41, 5.74) is 1.79. The third-order valence-corrected chi connectivity index (χ3v) is 7.96. The number of hydrogen-bond acceptors (Lipinski definition) is 6. The molecule has 0 saturated carbocycles. The molecule has 0 aromatic heterocycles.